The van der Waals surface area contributed by atoms with E-state index in [0.29, 0.717) is 43.9 Å². The van der Waals surface area contributed by atoms with E-state index >= 15 is 0 Å². The largest absolute Gasteiger partial charge is 0.484 e. The van der Waals surface area contributed by atoms with Gasteiger partial charge in [-0.05, 0) is 12.1 Å². The smallest absolute Gasteiger partial charge is 0.258 e. The lowest BCUT2D eigenvalue weighted by atomic mass is 9.93. The van der Waals surface area contributed by atoms with Gasteiger partial charge in [-0.2, -0.15) is 0 Å². The van der Waals surface area contributed by atoms with Crippen LogP contribution in [-0.4, -0.2) is 86.5 Å². The van der Waals surface area contributed by atoms with Crippen molar-refractivity contribution >= 4 is 21.7 Å². The number of amides is 2. The van der Waals surface area contributed by atoms with Gasteiger partial charge >= 0.3 is 0 Å². The molecule has 152 valence electrons. The summed E-state index contributed by atoms with van der Waals surface area (Å²) in [5, 5.41) is 0. The topological polar surface area (TPSA) is 93.2 Å². The van der Waals surface area contributed by atoms with E-state index in [4.69, 9.17) is 9.47 Å². The Kier molecular flexibility index (Phi) is 5.05. The first-order chi connectivity index (χ1) is 13.4. The highest BCUT2D eigenvalue weighted by molar-refractivity contribution is 7.91. The standard InChI is InChI=1S/C19H24N2O6S/c22-17(20-7-11-28(24,25)12-8-20)13-21-14-19(5-9-26-10-6-19)27-16-4-2-1-3-15(16)18(21)23/h1-4H,5-14H2. The fourth-order valence-corrected chi connectivity index (χ4v) is 5.15. The summed E-state index contributed by atoms with van der Waals surface area (Å²) in [4.78, 5) is 29.0. The minimum Gasteiger partial charge on any atom is -0.484 e. The predicted molar refractivity (Wildman–Crippen MR) is 101 cm³/mol. The quantitative estimate of drug-likeness (QED) is 0.700. The van der Waals surface area contributed by atoms with E-state index in [1.165, 1.54) is 4.90 Å². The number of carbonyl (C=O) groups is 2. The number of rotatable bonds is 2. The summed E-state index contributed by atoms with van der Waals surface area (Å²) in [5.74, 6) is 0.00926. The lowest BCUT2D eigenvalue weighted by Crippen LogP contribution is -2.54. The SMILES string of the molecule is O=C(CN1CC2(CCOCC2)Oc2ccccc2C1=O)N1CCS(=O)(=O)CC1. The normalized spacial score (nSPS) is 23.6. The van der Waals surface area contributed by atoms with Gasteiger partial charge in [0.25, 0.3) is 5.91 Å². The Labute approximate surface area is 164 Å². The highest BCUT2D eigenvalue weighted by Gasteiger charge is 2.42. The average molecular weight is 408 g/mol. The van der Waals surface area contributed by atoms with Gasteiger partial charge in [0.1, 0.15) is 17.9 Å². The van der Waals surface area contributed by atoms with Crippen molar-refractivity contribution in [1.82, 2.24) is 9.80 Å². The molecule has 2 fully saturated rings. The molecule has 1 aromatic carbocycles. The van der Waals surface area contributed by atoms with Crippen molar-refractivity contribution in [1.29, 1.82) is 0 Å². The molecule has 2 amide bonds. The summed E-state index contributed by atoms with van der Waals surface area (Å²) in [6.07, 6.45) is 1.28. The lowest BCUT2D eigenvalue weighted by molar-refractivity contribution is -0.132. The maximum atomic E-state index is 13.1. The summed E-state index contributed by atoms with van der Waals surface area (Å²) < 4.78 is 35.0. The number of sulfone groups is 1. The molecule has 3 heterocycles. The maximum absolute atomic E-state index is 13.1. The summed E-state index contributed by atoms with van der Waals surface area (Å²) in [5.41, 5.74) is -0.133. The molecule has 0 atom stereocenters. The molecule has 3 aliphatic rings. The van der Waals surface area contributed by atoms with E-state index in [1.54, 1.807) is 23.1 Å². The number of para-hydroxylation sites is 1. The van der Waals surface area contributed by atoms with Crippen LogP contribution in [0.5, 0.6) is 5.75 Å². The van der Waals surface area contributed by atoms with Gasteiger partial charge in [0.15, 0.2) is 9.84 Å². The molecule has 0 saturated carbocycles. The van der Waals surface area contributed by atoms with E-state index in [0.717, 1.165) is 0 Å². The number of fused-ring (bicyclic) bond motifs is 1. The van der Waals surface area contributed by atoms with Crippen molar-refractivity contribution in [2.75, 3.05) is 50.9 Å². The zero-order valence-electron chi connectivity index (χ0n) is 15.6. The van der Waals surface area contributed by atoms with Crippen LogP contribution in [0.15, 0.2) is 24.3 Å². The molecule has 3 aliphatic heterocycles. The van der Waals surface area contributed by atoms with Crippen molar-refractivity contribution in [2.24, 2.45) is 0 Å². The fourth-order valence-electron chi connectivity index (χ4n) is 3.94. The molecule has 0 radical (unpaired) electrons. The second-order valence-corrected chi connectivity index (χ2v) is 9.89. The molecule has 0 N–H and O–H groups in total. The van der Waals surface area contributed by atoms with E-state index in [1.807, 2.05) is 6.07 Å². The van der Waals surface area contributed by atoms with Gasteiger partial charge in [-0.25, -0.2) is 8.42 Å². The molecule has 0 aliphatic carbocycles. The Balaban J connectivity index is 1.56. The molecular formula is C19H24N2O6S. The molecule has 1 aromatic rings. The molecule has 28 heavy (non-hydrogen) atoms. The molecule has 0 bridgehead atoms. The average Bonchev–Trinajstić information content (AvgIpc) is 2.77. The molecule has 4 rings (SSSR count). The van der Waals surface area contributed by atoms with Gasteiger partial charge in [0.2, 0.25) is 5.91 Å². The van der Waals surface area contributed by atoms with Crippen LogP contribution in [0.4, 0.5) is 0 Å². The molecular weight excluding hydrogens is 384 g/mol. The molecule has 1 spiro atoms. The Hall–Kier alpha value is -2.13. The van der Waals surface area contributed by atoms with Crippen LogP contribution < -0.4 is 4.74 Å². The highest BCUT2D eigenvalue weighted by atomic mass is 32.2. The van der Waals surface area contributed by atoms with E-state index in [-0.39, 0.29) is 43.0 Å². The molecule has 8 nitrogen and oxygen atoms in total. The first-order valence-electron chi connectivity index (χ1n) is 9.51. The second kappa shape index (κ2) is 7.36. The Morgan fingerprint density at radius 1 is 1.11 bits per heavy atom. The van der Waals surface area contributed by atoms with Gasteiger partial charge in [-0.15, -0.1) is 0 Å². The van der Waals surface area contributed by atoms with Crippen LogP contribution in [0.2, 0.25) is 0 Å². The highest BCUT2D eigenvalue weighted by Crippen LogP contribution is 2.35. The van der Waals surface area contributed by atoms with Crippen molar-refractivity contribution in [3.05, 3.63) is 29.8 Å². The van der Waals surface area contributed by atoms with Gasteiger partial charge in [-0.1, -0.05) is 12.1 Å². The van der Waals surface area contributed by atoms with Crippen LogP contribution >= 0.6 is 0 Å². The van der Waals surface area contributed by atoms with Crippen molar-refractivity contribution in [3.63, 3.8) is 0 Å². The number of benzene rings is 1. The molecule has 9 heteroatoms. The first-order valence-corrected chi connectivity index (χ1v) is 11.3. The minimum absolute atomic E-state index is 0.0279. The zero-order valence-corrected chi connectivity index (χ0v) is 16.4. The Morgan fingerprint density at radius 2 is 1.79 bits per heavy atom. The molecule has 0 aromatic heterocycles. The monoisotopic (exact) mass is 408 g/mol. The second-order valence-electron chi connectivity index (χ2n) is 7.59. The van der Waals surface area contributed by atoms with Gasteiger partial charge in [0, 0.05) is 25.9 Å². The van der Waals surface area contributed by atoms with Crippen LogP contribution in [0, 0.1) is 0 Å². The summed E-state index contributed by atoms with van der Waals surface area (Å²) in [6.45, 7) is 1.66. The maximum Gasteiger partial charge on any atom is 0.258 e. The number of hydrogen-bond donors (Lipinski definition) is 0. The predicted octanol–water partition coefficient (Wildman–Crippen LogP) is 0.327. The third kappa shape index (κ3) is 3.86. The summed E-state index contributed by atoms with van der Waals surface area (Å²) in [7, 11) is -3.07. The van der Waals surface area contributed by atoms with Gasteiger partial charge in [0.05, 0.1) is 36.8 Å². The molecule has 2 saturated heterocycles. The summed E-state index contributed by atoms with van der Waals surface area (Å²) >= 11 is 0. The third-order valence-corrected chi connectivity index (χ3v) is 7.25. The van der Waals surface area contributed by atoms with Crippen molar-refractivity contribution in [3.8, 4) is 5.75 Å². The van der Waals surface area contributed by atoms with E-state index in [9.17, 15) is 18.0 Å². The fraction of sp³-hybridized carbons (Fsp3) is 0.579. The minimum atomic E-state index is -3.07. The number of ether oxygens (including phenoxy) is 2. The lowest BCUT2D eigenvalue weighted by Gasteiger charge is -2.39. The van der Waals surface area contributed by atoms with Crippen LogP contribution in [-0.2, 0) is 19.4 Å². The van der Waals surface area contributed by atoms with Gasteiger partial charge in [-0.3, -0.25) is 9.59 Å². The van der Waals surface area contributed by atoms with Crippen LogP contribution in [0.25, 0.3) is 0 Å². The van der Waals surface area contributed by atoms with Crippen molar-refractivity contribution < 1.29 is 27.5 Å². The third-order valence-electron chi connectivity index (χ3n) is 5.64. The van der Waals surface area contributed by atoms with E-state index in [2.05, 4.69) is 0 Å². The van der Waals surface area contributed by atoms with Crippen LogP contribution in [0.3, 0.4) is 0 Å². The van der Waals surface area contributed by atoms with E-state index < -0.39 is 15.4 Å². The Morgan fingerprint density at radius 3 is 2.50 bits per heavy atom. The number of carbonyl (C=O) groups excluding carboxylic acids is 2. The molecule has 0 unspecified atom stereocenters. The zero-order chi connectivity index (χ0) is 19.8. The van der Waals surface area contributed by atoms with Gasteiger partial charge < -0.3 is 19.3 Å². The number of hydrogen-bond acceptors (Lipinski definition) is 6. The number of nitrogens with zero attached hydrogens (tertiary/aromatic N) is 2. The van der Waals surface area contributed by atoms with Crippen molar-refractivity contribution in [2.45, 2.75) is 18.4 Å². The van der Waals surface area contributed by atoms with Crippen LogP contribution in [0.1, 0.15) is 23.2 Å². The Bertz CT molecular complexity index is 864. The summed E-state index contributed by atoms with van der Waals surface area (Å²) in [6, 6.07) is 7.10. The first kappa shape index (κ1) is 19.2.